The van der Waals surface area contributed by atoms with E-state index in [1.54, 1.807) is 0 Å². The van der Waals surface area contributed by atoms with Crippen LogP contribution in [0.2, 0.25) is 0 Å². The molecule has 1 aliphatic rings. The fraction of sp³-hybridized carbons (Fsp3) is 0.625. The Balaban J connectivity index is 2.25. The maximum absolute atomic E-state index is 6.92. The summed E-state index contributed by atoms with van der Waals surface area (Å²) >= 11 is 3.23. The van der Waals surface area contributed by atoms with Crippen LogP contribution in [0.5, 0.6) is 0 Å². The zero-order valence-corrected chi connectivity index (χ0v) is 8.43. The Hall–Kier alpha value is -0.350. The summed E-state index contributed by atoms with van der Waals surface area (Å²) in [5, 5.41) is 10.2. The SMILES string of the molecule is N=C/C(Br)=C\NC1CCOCC1. The van der Waals surface area contributed by atoms with Crippen LogP contribution in [0.15, 0.2) is 10.7 Å². The van der Waals surface area contributed by atoms with Crippen molar-refractivity contribution in [2.75, 3.05) is 13.2 Å². The highest BCUT2D eigenvalue weighted by molar-refractivity contribution is 9.12. The normalized spacial score (nSPS) is 20.6. The number of allylic oxidation sites excluding steroid dienone is 1. The van der Waals surface area contributed by atoms with E-state index in [1.807, 2.05) is 6.20 Å². The lowest BCUT2D eigenvalue weighted by Gasteiger charge is -2.22. The van der Waals surface area contributed by atoms with Gasteiger partial charge in [0.25, 0.3) is 0 Å². The summed E-state index contributed by atoms with van der Waals surface area (Å²) in [4.78, 5) is 0. The van der Waals surface area contributed by atoms with Crippen molar-refractivity contribution in [3.05, 3.63) is 10.7 Å². The molecule has 0 atom stereocenters. The van der Waals surface area contributed by atoms with Crippen LogP contribution in [0, 0.1) is 5.41 Å². The number of hydrogen-bond acceptors (Lipinski definition) is 3. The summed E-state index contributed by atoms with van der Waals surface area (Å²) in [6.07, 6.45) is 5.19. The zero-order chi connectivity index (χ0) is 8.81. The highest BCUT2D eigenvalue weighted by Crippen LogP contribution is 2.07. The Labute approximate surface area is 80.8 Å². The number of hydrogen-bond donors (Lipinski definition) is 2. The zero-order valence-electron chi connectivity index (χ0n) is 6.85. The minimum Gasteiger partial charge on any atom is -0.387 e. The van der Waals surface area contributed by atoms with Gasteiger partial charge in [0.2, 0.25) is 0 Å². The lowest BCUT2D eigenvalue weighted by Crippen LogP contribution is -2.31. The molecular weight excluding hydrogens is 220 g/mol. The van der Waals surface area contributed by atoms with Crippen molar-refractivity contribution < 1.29 is 4.74 Å². The topological polar surface area (TPSA) is 45.1 Å². The molecule has 3 nitrogen and oxygen atoms in total. The van der Waals surface area contributed by atoms with Crippen LogP contribution >= 0.6 is 15.9 Å². The van der Waals surface area contributed by atoms with Gasteiger partial charge in [-0.05, 0) is 28.8 Å². The van der Waals surface area contributed by atoms with E-state index in [2.05, 4.69) is 21.2 Å². The van der Waals surface area contributed by atoms with Crippen LogP contribution in [0.1, 0.15) is 12.8 Å². The number of halogens is 1. The van der Waals surface area contributed by atoms with Crippen molar-refractivity contribution in [1.82, 2.24) is 5.32 Å². The van der Waals surface area contributed by atoms with E-state index in [4.69, 9.17) is 10.1 Å². The molecular formula is C8H13BrN2O. The monoisotopic (exact) mass is 232 g/mol. The van der Waals surface area contributed by atoms with Gasteiger partial charge in [-0.2, -0.15) is 0 Å². The van der Waals surface area contributed by atoms with Crippen molar-refractivity contribution in [3.8, 4) is 0 Å². The van der Waals surface area contributed by atoms with Crippen molar-refractivity contribution in [2.24, 2.45) is 0 Å². The van der Waals surface area contributed by atoms with E-state index >= 15 is 0 Å². The number of rotatable bonds is 3. The minimum absolute atomic E-state index is 0.506. The maximum atomic E-state index is 6.92. The fourth-order valence-electron chi connectivity index (χ4n) is 1.10. The summed E-state index contributed by atoms with van der Waals surface area (Å²) in [6.45, 7) is 1.68. The first kappa shape index (κ1) is 9.74. The van der Waals surface area contributed by atoms with Gasteiger partial charge in [0.15, 0.2) is 0 Å². The molecule has 0 aromatic rings. The summed E-state index contributed by atoms with van der Waals surface area (Å²) in [5.41, 5.74) is 0. The van der Waals surface area contributed by atoms with E-state index in [-0.39, 0.29) is 0 Å². The molecule has 12 heavy (non-hydrogen) atoms. The second kappa shape index (κ2) is 5.32. The third-order valence-electron chi connectivity index (χ3n) is 1.82. The standard InChI is InChI=1S/C8H13BrN2O/c9-7(5-10)6-11-8-1-3-12-4-2-8/h5-6,8,10-11H,1-4H2/b7-6+,10-5?. The van der Waals surface area contributed by atoms with Crippen LogP contribution in [-0.4, -0.2) is 25.5 Å². The second-order valence-corrected chi connectivity index (χ2v) is 3.64. The fourth-order valence-corrected chi connectivity index (χ4v) is 1.24. The third kappa shape index (κ3) is 3.36. The van der Waals surface area contributed by atoms with Gasteiger partial charge in [0.05, 0.1) is 4.48 Å². The van der Waals surface area contributed by atoms with Gasteiger partial charge < -0.3 is 15.5 Å². The van der Waals surface area contributed by atoms with Crippen molar-refractivity contribution in [2.45, 2.75) is 18.9 Å². The van der Waals surface area contributed by atoms with Crippen LogP contribution in [0.25, 0.3) is 0 Å². The Bertz CT molecular complexity index is 176. The first-order valence-corrected chi connectivity index (χ1v) is 4.82. The Morgan fingerprint density at radius 2 is 2.17 bits per heavy atom. The molecule has 2 N–H and O–H groups in total. The van der Waals surface area contributed by atoms with Gasteiger partial charge in [-0.25, -0.2) is 0 Å². The van der Waals surface area contributed by atoms with E-state index < -0.39 is 0 Å². The average Bonchev–Trinajstić information content (AvgIpc) is 2.16. The quantitative estimate of drug-likeness (QED) is 0.728. The van der Waals surface area contributed by atoms with Crippen molar-refractivity contribution in [3.63, 3.8) is 0 Å². The largest absolute Gasteiger partial charge is 0.387 e. The van der Waals surface area contributed by atoms with E-state index in [9.17, 15) is 0 Å². The summed E-state index contributed by atoms with van der Waals surface area (Å²) in [6, 6.07) is 0.506. The Morgan fingerprint density at radius 3 is 2.75 bits per heavy atom. The second-order valence-electron chi connectivity index (χ2n) is 2.73. The molecule has 0 amide bonds. The van der Waals surface area contributed by atoms with Gasteiger partial charge in [-0.1, -0.05) is 0 Å². The molecule has 0 saturated carbocycles. The van der Waals surface area contributed by atoms with Crippen LogP contribution < -0.4 is 5.32 Å². The van der Waals surface area contributed by atoms with E-state index in [1.165, 1.54) is 6.21 Å². The van der Waals surface area contributed by atoms with Gasteiger partial charge in [-0.15, -0.1) is 0 Å². The molecule has 4 heteroatoms. The molecule has 1 aliphatic heterocycles. The summed E-state index contributed by atoms with van der Waals surface area (Å²) < 4.78 is 5.99. The van der Waals surface area contributed by atoms with Crippen LogP contribution in [0.4, 0.5) is 0 Å². The highest BCUT2D eigenvalue weighted by atomic mass is 79.9. The molecule has 0 bridgehead atoms. The Morgan fingerprint density at radius 1 is 1.50 bits per heavy atom. The van der Waals surface area contributed by atoms with Crippen molar-refractivity contribution >= 4 is 22.1 Å². The molecule has 1 rings (SSSR count). The number of nitrogens with one attached hydrogen (secondary N) is 2. The van der Waals surface area contributed by atoms with Gasteiger partial charge in [-0.3, -0.25) is 0 Å². The number of ether oxygens (including phenoxy) is 1. The van der Waals surface area contributed by atoms with Gasteiger partial charge in [0.1, 0.15) is 0 Å². The van der Waals surface area contributed by atoms with Gasteiger partial charge >= 0.3 is 0 Å². The van der Waals surface area contributed by atoms with Crippen LogP contribution in [0.3, 0.4) is 0 Å². The molecule has 1 heterocycles. The molecule has 0 aromatic carbocycles. The predicted molar refractivity (Wildman–Crippen MR) is 52.8 cm³/mol. The predicted octanol–water partition coefficient (Wildman–Crippen LogP) is 1.64. The Kier molecular flexibility index (Phi) is 4.32. The van der Waals surface area contributed by atoms with E-state index in [0.717, 1.165) is 30.5 Å². The molecule has 0 radical (unpaired) electrons. The summed E-state index contributed by atoms with van der Waals surface area (Å²) in [7, 11) is 0. The van der Waals surface area contributed by atoms with E-state index in [0.29, 0.717) is 6.04 Å². The smallest absolute Gasteiger partial charge is 0.0507 e. The molecule has 1 saturated heterocycles. The highest BCUT2D eigenvalue weighted by Gasteiger charge is 2.10. The molecule has 0 aromatic heterocycles. The molecule has 0 aliphatic carbocycles. The maximum Gasteiger partial charge on any atom is 0.0507 e. The molecule has 0 unspecified atom stereocenters. The summed E-state index contributed by atoms with van der Waals surface area (Å²) in [5.74, 6) is 0. The molecule has 68 valence electrons. The van der Waals surface area contributed by atoms with Gasteiger partial charge in [0, 0.05) is 31.7 Å². The van der Waals surface area contributed by atoms with Crippen LogP contribution in [-0.2, 0) is 4.74 Å². The first-order valence-electron chi connectivity index (χ1n) is 4.03. The third-order valence-corrected chi connectivity index (χ3v) is 2.27. The van der Waals surface area contributed by atoms with Crippen molar-refractivity contribution in [1.29, 1.82) is 5.41 Å². The average molecular weight is 233 g/mol. The lowest BCUT2D eigenvalue weighted by atomic mass is 10.1. The molecule has 1 fully saturated rings. The lowest BCUT2D eigenvalue weighted by molar-refractivity contribution is 0.0812. The minimum atomic E-state index is 0.506. The molecule has 0 spiro atoms. The first-order chi connectivity index (χ1) is 5.83.